The number of aromatic amines is 1. The summed E-state index contributed by atoms with van der Waals surface area (Å²) in [4.78, 5) is 17.6. The Balaban J connectivity index is 1.83. The number of carbonyl (C=O) groups excluding carboxylic acids is 1. The molecule has 0 aliphatic heterocycles. The number of rotatable bonds is 5. The van der Waals surface area contributed by atoms with Crippen LogP contribution in [0.3, 0.4) is 0 Å². The summed E-state index contributed by atoms with van der Waals surface area (Å²) in [7, 11) is 1.81. The summed E-state index contributed by atoms with van der Waals surface area (Å²) >= 11 is 1.36. The molecule has 0 radical (unpaired) electrons. The minimum Gasteiger partial charge on any atom is -0.341 e. The fourth-order valence-electron chi connectivity index (χ4n) is 1.56. The van der Waals surface area contributed by atoms with Crippen molar-refractivity contribution in [3.8, 4) is 0 Å². The molecule has 1 heterocycles. The topological polar surface area (TPSA) is 61.9 Å². The van der Waals surface area contributed by atoms with E-state index in [4.69, 9.17) is 0 Å². The predicted octanol–water partition coefficient (Wildman–Crippen LogP) is 1.86. The maximum atomic E-state index is 12.0. The second kappa shape index (κ2) is 6.38. The van der Waals surface area contributed by atoms with Crippen LogP contribution >= 0.6 is 11.8 Å². The lowest BCUT2D eigenvalue weighted by Crippen LogP contribution is -2.27. The Hall–Kier alpha value is -1.82. The smallest absolute Gasteiger partial charge is 0.233 e. The van der Waals surface area contributed by atoms with E-state index < -0.39 is 0 Å². The van der Waals surface area contributed by atoms with Crippen LogP contribution in [0.15, 0.2) is 35.7 Å². The monoisotopic (exact) mass is 276 g/mol. The molecule has 1 aromatic heterocycles. The van der Waals surface area contributed by atoms with Crippen molar-refractivity contribution in [1.82, 2.24) is 20.1 Å². The predicted molar refractivity (Wildman–Crippen MR) is 74.8 cm³/mol. The molecule has 0 spiro atoms. The lowest BCUT2D eigenvalue weighted by molar-refractivity contribution is -0.127. The first-order chi connectivity index (χ1) is 9.15. The first-order valence-corrected chi connectivity index (χ1v) is 6.91. The molecular weight excluding hydrogens is 260 g/mol. The van der Waals surface area contributed by atoms with Gasteiger partial charge in [0.15, 0.2) is 5.16 Å². The fourth-order valence-corrected chi connectivity index (χ4v) is 2.28. The quantitative estimate of drug-likeness (QED) is 0.847. The number of nitrogens with one attached hydrogen (secondary N) is 1. The summed E-state index contributed by atoms with van der Waals surface area (Å²) in [5.41, 5.74) is 2.35. The van der Waals surface area contributed by atoms with E-state index in [1.807, 2.05) is 26.1 Å². The lowest BCUT2D eigenvalue weighted by Gasteiger charge is -2.16. The van der Waals surface area contributed by atoms with Crippen molar-refractivity contribution in [3.63, 3.8) is 0 Å². The van der Waals surface area contributed by atoms with Crippen molar-refractivity contribution in [2.24, 2.45) is 0 Å². The van der Waals surface area contributed by atoms with Gasteiger partial charge in [0, 0.05) is 13.6 Å². The van der Waals surface area contributed by atoms with Crippen molar-refractivity contribution >= 4 is 17.7 Å². The lowest BCUT2D eigenvalue weighted by atomic mass is 10.1. The molecule has 2 rings (SSSR count). The number of hydrogen-bond acceptors (Lipinski definition) is 4. The Morgan fingerprint density at radius 1 is 1.37 bits per heavy atom. The molecule has 1 aromatic carbocycles. The van der Waals surface area contributed by atoms with E-state index in [1.165, 1.54) is 23.7 Å². The number of amides is 1. The molecule has 0 saturated carbocycles. The molecule has 2 aromatic rings. The minimum atomic E-state index is 0.0713. The largest absolute Gasteiger partial charge is 0.341 e. The van der Waals surface area contributed by atoms with Crippen LogP contribution in [0.5, 0.6) is 0 Å². The maximum Gasteiger partial charge on any atom is 0.233 e. The highest BCUT2D eigenvalue weighted by Gasteiger charge is 2.10. The zero-order valence-corrected chi connectivity index (χ0v) is 11.8. The van der Waals surface area contributed by atoms with Gasteiger partial charge in [0.1, 0.15) is 6.33 Å². The molecule has 0 atom stereocenters. The van der Waals surface area contributed by atoms with Gasteiger partial charge in [0.05, 0.1) is 5.75 Å². The number of nitrogens with zero attached hydrogens (tertiary/aromatic N) is 3. The van der Waals surface area contributed by atoms with Gasteiger partial charge < -0.3 is 4.90 Å². The number of hydrogen-bond donors (Lipinski definition) is 1. The highest BCUT2D eigenvalue weighted by Crippen LogP contribution is 2.12. The van der Waals surface area contributed by atoms with Gasteiger partial charge in [-0.2, -0.15) is 5.10 Å². The molecule has 19 heavy (non-hydrogen) atoms. The van der Waals surface area contributed by atoms with E-state index in [-0.39, 0.29) is 5.91 Å². The molecule has 0 bridgehead atoms. The van der Waals surface area contributed by atoms with Crippen LogP contribution < -0.4 is 0 Å². The molecule has 0 aliphatic carbocycles. The summed E-state index contributed by atoms with van der Waals surface area (Å²) in [6, 6.07) is 8.19. The van der Waals surface area contributed by atoms with Gasteiger partial charge in [-0.3, -0.25) is 9.89 Å². The minimum absolute atomic E-state index is 0.0713. The zero-order chi connectivity index (χ0) is 13.7. The number of aromatic nitrogens is 3. The van der Waals surface area contributed by atoms with Gasteiger partial charge in [0.25, 0.3) is 0 Å². The normalized spacial score (nSPS) is 10.4. The average molecular weight is 276 g/mol. The van der Waals surface area contributed by atoms with E-state index in [1.54, 1.807) is 4.90 Å². The van der Waals surface area contributed by atoms with Crippen molar-refractivity contribution in [2.75, 3.05) is 12.8 Å². The molecule has 0 fully saturated rings. The molecule has 1 amide bonds. The van der Waals surface area contributed by atoms with Crippen LogP contribution in [0.1, 0.15) is 11.1 Å². The van der Waals surface area contributed by atoms with Crippen molar-refractivity contribution in [2.45, 2.75) is 18.6 Å². The standard InChI is InChI=1S/C13H16N4OS/c1-10-3-5-11(6-4-10)7-17(2)12(18)8-19-13-14-9-15-16-13/h3-6,9H,7-8H2,1-2H3,(H,14,15,16). The zero-order valence-electron chi connectivity index (χ0n) is 11.0. The summed E-state index contributed by atoms with van der Waals surface area (Å²) in [6.45, 7) is 2.67. The highest BCUT2D eigenvalue weighted by atomic mass is 32.2. The summed E-state index contributed by atoms with van der Waals surface area (Å²) < 4.78 is 0. The molecule has 5 nitrogen and oxygen atoms in total. The molecule has 6 heteroatoms. The second-order valence-electron chi connectivity index (χ2n) is 4.31. The first-order valence-electron chi connectivity index (χ1n) is 5.93. The number of carbonyl (C=O) groups is 1. The highest BCUT2D eigenvalue weighted by molar-refractivity contribution is 7.99. The second-order valence-corrected chi connectivity index (χ2v) is 5.28. The summed E-state index contributed by atoms with van der Waals surface area (Å²) in [5, 5.41) is 7.12. The molecular formula is C13H16N4OS. The van der Waals surface area contributed by atoms with Crippen LogP contribution in [0.25, 0.3) is 0 Å². The fraction of sp³-hybridized carbons (Fsp3) is 0.308. The third-order valence-corrected chi connectivity index (χ3v) is 3.55. The van der Waals surface area contributed by atoms with E-state index in [2.05, 4.69) is 27.3 Å². The summed E-state index contributed by atoms with van der Waals surface area (Å²) in [5.74, 6) is 0.430. The number of thioether (sulfide) groups is 1. The van der Waals surface area contributed by atoms with Gasteiger partial charge in [-0.1, -0.05) is 41.6 Å². The third-order valence-electron chi connectivity index (χ3n) is 2.69. The average Bonchev–Trinajstić information content (AvgIpc) is 2.91. The Morgan fingerprint density at radius 2 is 2.11 bits per heavy atom. The van der Waals surface area contributed by atoms with E-state index in [0.29, 0.717) is 17.5 Å². The molecule has 0 aliphatic rings. The van der Waals surface area contributed by atoms with E-state index >= 15 is 0 Å². The van der Waals surface area contributed by atoms with Gasteiger partial charge in [-0.05, 0) is 12.5 Å². The van der Waals surface area contributed by atoms with E-state index in [9.17, 15) is 4.79 Å². The van der Waals surface area contributed by atoms with Gasteiger partial charge in [0.2, 0.25) is 5.91 Å². The Morgan fingerprint density at radius 3 is 2.74 bits per heavy atom. The Bertz CT molecular complexity index is 524. The van der Waals surface area contributed by atoms with Crippen molar-refractivity contribution < 1.29 is 4.79 Å². The van der Waals surface area contributed by atoms with Crippen molar-refractivity contribution in [1.29, 1.82) is 0 Å². The van der Waals surface area contributed by atoms with Gasteiger partial charge in [-0.15, -0.1) is 0 Å². The van der Waals surface area contributed by atoms with Crippen LogP contribution in [0, 0.1) is 6.92 Å². The first kappa shape index (κ1) is 13.6. The number of benzene rings is 1. The third kappa shape index (κ3) is 4.10. The molecule has 0 unspecified atom stereocenters. The van der Waals surface area contributed by atoms with Gasteiger partial charge in [-0.25, -0.2) is 4.98 Å². The molecule has 100 valence electrons. The van der Waals surface area contributed by atoms with Crippen LogP contribution in [0.2, 0.25) is 0 Å². The van der Waals surface area contributed by atoms with Crippen LogP contribution in [-0.4, -0.2) is 38.8 Å². The Kier molecular flexibility index (Phi) is 4.57. The molecule has 1 N–H and O–H groups in total. The van der Waals surface area contributed by atoms with Crippen LogP contribution in [0.4, 0.5) is 0 Å². The van der Waals surface area contributed by atoms with Crippen molar-refractivity contribution in [3.05, 3.63) is 41.7 Å². The van der Waals surface area contributed by atoms with Crippen LogP contribution in [-0.2, 0) is 11.3 Å². The summed E-state index contributed by atoms with van der Waals surface area (Å²) in [6.07, 6.45) is 1.43. The number of H-pyrrole nitrogens is 1. The maximum absolute atomic E-state index is 12.0. The Labute approximate surface area is 116 Å². The number of aryl methyl sites for hydroxylation is 1. The van der Waals surface area contributed by atoms with E-state index in [0.717, 1.165) is 5.56 Å². The SMILES string of the molecule is Cc1ccc(CN(C)C(=O)CSc2ncn[nH]2)cc1. The van der Waals surface area contributed by atoms with Gasteiger partial charge >= 0.3 is 0 Å². The molecule has 0 saturated heterocycles.